The van der Waals surface area contributed by atoms with Crippen molar-refractivity contribution in [2.75, 3.05) is 33.9 Å². The van der Waals surface area contributed by atoms with Crippen molar-refractivity contribution in [3.05, 3.63) is 52.3 Å². The molecule has 2 aromatic carbocycles. The van der Waals surface area contributed by atoms with E-state index in [0.29, 0.717) is 34.1 Å². The van der Waals surface area contributed by atoms with Crippen LogP contribution >= 0.6 is 0 Å². The number of ether oxygens (including phenoxy) is 4. The summed E-state index contributed by atoms with van der Waals surface area (Å²) in [7, 11) is 6.18. The number of hydrogen-bond donors (Lipinski definition) is 2. The largest absolute Gasteiger partial charge is 0.497 e. The first-order valence-electron chi connectivity index (χ1n) is 8.80. The third kappa shape index (κ3) is 4.49. The Morgan fingerprint density at radius 3 is 2.17 bits per heavy atom. The second-order valence-corrected chi connectivity index (χ2v) is 5.90. The third-order valence-corrected chi connectivity index (χ3v) is 4.17. The van der Waals surface area contributed by atoms with Crippen molar-refractivity contribution in [3.8, 4) is 34.3 Å². The van der Waals surface area contributed by atoms with E-state index in [-0.39, 0.29) is 11.6 Å². The highest BCUT2D eigenvalue weighted by Crippen LogP contribution is 2.33. The number of aromatic nitrogens is 3. The molecule has 0 saturated heterocycles. The number of rotatable bonds is 8. The molecule has 0 saturated carbocycles. The lowest BCUT2D eigenvalue weighted by atomic mass is 10.1. The van der Waals surface area contributed by atoms with Gasteiger partial charge >= 0.3 is 0 Å². The van der Waals surface area contributed by atoms with Crippen LogP contribution in [0.5, 0.6) is 23.0 Å². The minimum Gasteiger partial charge on any atom is -0.497 e. The number of benzene rings is 2. The van der Waals surface area contributed by atoms with E-state index in [9.17, 15) is 4.79 Å². The highest BCUT2D eigenvalue weighted by Gasteiger charge is 2.11. The molecule has 0 radical (unpaired) electrons. The molecule has 1 aromatic heterocycles. The van der Waals surface area contributed by atoms with Gasteiger partial charge < -0.3 is 18.9 Å². The first-order chi connectivity index (χ1) is 14.6. The van der Waals surface area contributed by atoms with Gasteiger partial charge in [-0.1, -0.05) is 0 Å². The zero-order valence-corrected chi connectivity index (χ0v) is 16.9. The Morgan fingerprint density at radius 1 is 0.900 bits per heavy atom. The lowest BCUT2D eigenvalue weighted by Gasteiger charge is -2.11. The molecule has 0 unspecified atom stereocenters. The number of H-pyrrole nitrogens is 1. The number of methoxy groups -OCH3 is 4. The molecular formula is C20H21N5O5. The van der Waals surface area contributed by atoms with Gasteiger partial charge in [0.1, 0.15) is 11.5 Å². The number of nitrogens with zero attached hydrogens (tertiary/aromatic N) is 3. The molecule has 3 aromatic rings. The van der Waals surface area contributed by atoms with E-state index in [2.05, 4.69) is 25.7 Å². The monoisotopic (exact) mass is 411 g/mol. The second kappa shape index (κ2) is 9.41. The summed E-state index contributed by atoms with van der Waals surface area (Å²) in [5, 5.41) is 12.0. The first-order valence-corrected chi connectivity index (χ1v) is 8.80. The van der Waals surface area contributed by atoms with E-state index in [1.165, 1.54) is 27.5 Å². The molecule has 156 valence electrons. The minimum atomic E-state index is -0.406. The van der Waals surface area contributed by atoms with E-state index in [1.54, 1.807) is 43.5 Å². The highest BCUT2D eigenvalue weighted by molar-refractivity contribution is 5.85. The van der Waals surface area contributed by atoms with Crippen LogP contribution in [0.15, 0.2) is 46.3 Å². The number of hydrazone groups is 1. The molecule has 0 aliphatic rings. The SMILES string of the molecule is COc1ccc(-c2nnc(N/N=C/c3cc(OC)c(OC)cc3OC)[nH]c2=O)cc1. The van der Waals surface area contributed by atoms with Crippen molar-refractivity contribution in [2.24, 2.45) is 5.10 Å². The molecule has 30 heavy (non-hydrogen) atoms. The Kier molecular flexibility index (Phi) is 6.48. The van der Waals surface area contributed by atoms with Crippen LogP contribution in [0, 0.1) is 0 Å². The minimum absolute atomic E-state index is 0.0907. The third-order valence-electron chi connectivity index (χ3n) is 4.17. The molecule has 3 rings (SSSR count). The Bertz CT molecular complexity index is 1100. The van der Waals surface area contributed by atoms with Gasteiger partial charge in [-0.2, -0.15) is 5.10 Å². The zero-order valence-electron chi connectivity index (χ0n) is 16.9. The summed E-state index contributed by atoms with van der Waals surface area (Å²) in [6, 6.07) is 10.3. The standard InChI is InChI=1S/C20H21N5O5/c1-27-14-7-5-12(6-8-14)18-19(26)22-20(25-23-18)24-21-11-13-9-16(29-3)17(30-4)10-15(13)28-2/h5-11H,1-4H3,(H2,22,24,25,26)/b21-11+. The summed E-state index contributed by atoms with van der Waals surface area (Å²) in [4.78, 5) is 14.9. The van der Waals surface area contributed by atoms with Crippen molar-refractivity contribution in [3.63, 3.8) is 0 Å². The molecular weight excluding hydrogens is 390 g/mol. The predicted octanol–water partition coefficient (Wildman–Crippen LogP) is 2.31. The van der Waals surface area contributed by atoms with Crippen LogP contribution in [0.25, 0.3) is 11.3 Å². The van der Waals surface area contributed by atoms with Crippen LogP contribution in [0.1, 0.15) is 5.56 Å². The van der Waals surface area contributed by atoms with Gasteiger partial charge in [-0.25, -0.2) is 5.43 Å². The quantitative estimate of drug-likeness (QED) is 0.428. The number of nitrogens with one attached hydrogen (secondary N) is 2. The fourth-order valence-corrected chi connectivity index (χ4v) is 2.64. The molecule has 0 fully saturated rings. The summed E-state index contributed by atoms with van der Waals surface area (Å²) in [5.41, 5.74) is 3.68. The van der Waals surface area contributed by atoms with Crippen LogP contribution < -0.4 is 29.9 Å². The molecule has 0 aliphatic carbocycles. The second-order valence-electron chi connectivity index (χ2n) is 5.90. The normalized spacial score (nSPS) is 10.7. The van der Waals surface area contributed by atoms with Crippen molar-refractivity contribution in [2.45, 2.75) is 0 Å². The van der Waals surface area contributed by atoms with Crippen molar-refractivity contribution >= 4 is 12.2 Å². The van der Waals surface area contributed by atoms with Crippen LogP contribution in [0.4, 0.5) is 5.95 Å². The Labute approximate surface area is 172 Å². The topological polar surface area (TPSA) is 120 Å². The van der Waals surface area contributed by atoms with Gasteiger partial charge in [0.15, 0.2) is 17.2 Å². The number of aromatic amines is 1. The lowest BCUT2D eigenvalue weighted by molar-refractivity contribution is 0.349. The van der Waals surface area contributed by atoms with Gasteiger partial charge in [0.05, 0.1) is 34.7 Å². The molecule has 10 heteroatoms. The summed E-state index contributed by atoms with van der Waals surface area (Å²) in [6.45, 7) is 0. The Hall–Kier alpha value is -4.08. The predicted molar refractivity (Wildman–Crippen MR) is 112 cm³/mol. The van der Waals surface area contributed by atoms with Gasteiger partial charge in [-0.05, 0) is 30.3 Å². The number of hydrogen-bond acceptors (Lipinski definition) is 9. The summed E-state index contributed by atoms with van der Waals surface area (Å²) in [5.74, 6) is 2.36. The lowest BCUT2D eigenvalue weighted by Crippen LogP contribution is -2.15. The molecule has 0 atom stereocenters. The van der Waals surface area contributed by atoms with Crippen LogP contribution in [0.3, 0.4) is 0 Å². The molecule has 1 heterocycles. The molecule has 0 aliphatic heterocycles. The van der Waals surface area contributed by atoms with E-state index < -0.39 is 5.56 Å². The molecule has 0 spiro atoms. The smallest absolute Gasteiger partial charge is 0.279 e. The maximum atomic E-state index is 12.4. The maximum absolute atomic E-state index is 12.4. The van der Waals surface area contributed by atoms with Crippen molar-refractivity contribution in [1.82, 2.24) is 15.2 Å². The van der Waals surface area contributed by atoms with Crippen molar-refractivity contribution in [1.29, 1.82) is 0 Å². The fraction of sp³-hybridized carbons (Fsp3) is 0.200. The molecule has 10 nitrogen and oxygen atoms in total. The van der Waals surface area contributed by atoms with E-state index in [4.69, 9.17) is 18.9 Å². The van der Waals surface area contributed by atoms with Gasteiger partial charge in [-0.15, -0.1) is 10.2 Å². The maximum Gasteiger partial charge on any atom is 0.279 e. The Balaban J connectivity index is 1.78. The first kappa shape index (κ1) is 20.6. The van der Waals surface area contributed by atoms with Crippen LogP contribution in [-0.4, -0.2) is 49.8 Å². The molecule has 0 bridgehead atoms. The summed E-state index contributed by atoms with van der Waals surface area (Å²) < 4.78 is 21.0. The van der Waals surface area contributed by atoms with Crippen molar-refractivity contribution < 1.29 is 18.9 Å². The zero-order chi connectivity index (χ0) is 21.5. The van der Waals surface area contributed by atoms with Gasteiger partial charge in [0.25, 0.3) is 5.56 Å². The van der Waals surface area contributed by atoms with Crippen LogP contribution in [0.2, 0.25) is 0 Å². The highest BCUT2D eigenvalue weighted by atomic mass is 16.5. The fourth-order valence-electron chi connectivity index (χ4n) is 2.64. The molecule has 2 N–H and O–H groups in total. The van der Waals surface area contributed by atoms with Gasteiger partial charge in [0, 0.05) is 17.2 Å². The van der Waals surface area contributed by atoms with Gasteiger partial charge in [-0.3, -0.25) is 9.78 Å². The molecule has 0 amide bonds. The average Bonchev–Trinajstić information content (AvgIpc) is 2.79. The summed E-state index contributed by atoms with van der Waals surface area (Å²) in [6.07, 6.45) is 1.50. The van der Waals surface area contributed by atoms with E-state index in [0.717, 1.165) is 0 Å². The Morgan fingerprint density at radius 2 is 1.57 bits per heavy atom. The van der Waals surface area contributed by atoms with E-state index in [1.807, 2.05) is 0 Å². The van der Waals surface area contributed by atoms with E-state index >= 15 is 0 Å². The summed E-state index contributed by atoms with van der Waals surface area (Å²) >= 11 is 0. The van der Waals surface area contributed by atoms with Gasteiger partial charge in [0.2, 0.25) is 5.95 Å². The number of anilines is 1. The average molecular weight is 411 g/mol. The van der Waals surface area contributed by atoms with Crippen LogP contribution in [-0.2, 0) is 0 Å².